The number of rotatable bonds is 6. The quantitative estimate of drug-likeness (QED) is 0.886. The van der Waals surface area contributed by atoms with Gasteiger partial charge in [0, 0.05) is 5.69 Å². The third kappa shape index (κ3) is 4.20. The fraction of sp³-hybridized carbons (Fsp3) is 0.353. The number of nitrogens with zero attached hydrogens (tertiary/aromatic N) is 1. The third-order valence-corrected chi connectivity index (χ3v) is 3.66. The zero-order chi connectivity index (χ0) is 15.2. The normalized spacial score (nSPS) is 12.4. The van der Waals surface area contributed by atoms with Gasteiger partial charge in [-0.05, 0) is 50.2 Å². The van der Waals surface area contributed by atoms with Gasteiger partial charge in [0.15, 0.2) is 0 Å². The summed E-state index contributed by atoms with van der Waals surface area (Å²) < 4.78 is 5.30. The maximum atomic E-state index is 12.3. The first kappa shape index (κ1) is 15.3. The number of aryl methyl sites for hydroxylation is 1. The van der Waals surface area contributed by atoms with Crippen LogP contribution in [0.15, 0.2) is 47.1 Å². The van der Waals surface area contributed by atoms with Crippen LogP contribution >= 0.6 is 0 Å². The van der Waals surface area contributed by atoms with Crippen molar-refractivity contribution in [3.8, 4) is 0 Å². The lowest BCUT2D eigenvalue weighted by molar-refractivity contribution is -0.120. The predicted molar refractivity (Wildman–Crippen MR) is 84.1 cm³/mol. The minimum Gasteiger partial charge on any atom is -0.468 e. The van der Waals surface area contributed by atoms with E-state index in [1.807, 2.05) is 55.3 Å². The van der Waals surface area contributed by atoms with Gasteiger partial charge in [-0.2, -0.15) is 0 Å². The van der Waals surface area contributed by atoms with Gasteiger partial charge in [0.2, 0.25) is 5.91 Å². The van der Waals surface area contributed by atoms with Crippen molar-refractivity contribution in [1.29, 1.82) is 0 Å². The summed E-state index contributed by atoms with van der Waals surface area (Å²) in [6.07, 6.45) is 2.64. The standard InChI is InChI=1S/C17H22N2O2/c1-4-14-7-9-15(10-8-14)18-17(20)13(2)19(3)12-16-6-5-11-21-16/h5-11,13H,4,12H2,1-3H3,(H,18,20)/t13-/m0/s1. The lowest BCUT2D eigenvalue weighted by Crippen LogP contribution is -2.39. The number of benzene rings is 1. The summed E-state index contributed by atoms with van der Waals surface area (Å²) in [6, 6.07) is 11.5. The highest BCUT2D eigenvalue weighted by Gasteiger charge is 2.18. The second kappa shape index (κ2) is 7.09. The molecular weight excluding hydrogens is 264 g/mol. The van der Waals surface area contributed by atoms with Crippen LogP contribution in [0.5, 0.6) is 0 Å². The highest BCUT2D eigenvalue weighted by Crippen LogP contribution is 2.12. The van der Waals surface area contributed by atoms with Gasteiger partial charge in [-0.1, -0.05) is 19.1 Å². The molecular formula is C17H22N2O2. The second-order valence-electron chi connectivity index (χ2n) is 5.21. The second-order valence-corrected chi connectivity index (χ2v) is 5.21. The SMILES string of the molecule is CCc1ccc(NC(=O)[C@H](C)N(C)Cc2ccco2)cc1. The Morgan fingerprint density at radius 3 is 2.57 bits per heavy atom. The van der Waals surface area contributed by atoms with E-state index in [2.05, 4.69) is 12.2 Å². The van der Waals surface area contributed by atoms with Gasteiger partial charge < -0.3 is 9.73 Å². The van der Waals surface area contributed by atoms with Gasteiger partial charge in [0.25, 0.3) is 0 Å². The summed E-state index contributed by atoms with van der Waals surface area (Å²) in [5.74, 6) is 0.831. The molecule has 2 aromatic rings. The molecule has 2 rings (SSSR count). The molecule has 4 heteroatoms. The fourth-order valence-electron chi connectivity index (χ4n) is 2.06. The van der Waals surface area contributed by atoms with Crippen molar-refractivity contribution in [3.05, 3.63) is 54.0 Å². The van der Waals surface area contributed by atoms with Crippen LogP contribution in [-0.2, 0) is 17.8 Å². The molecule has 0 saturated carbocycles. The lowest BCUT2D eigenvalue weighted by atomic mass is 10.1. The van der Waals surface area contributed by atoms with Crippen molar-refractivity contribution in [2.75, 3.05) is 12.4 Å². The molecule has 0 bridgehead atoms. The molecule has 1 N–H and O–H groups in total. The molecule has 1 aromatic heterocycles. The molecule has 0 aliphatic carbocycles. The first-order valence-corrected chi connectivity index (χ1v) is 7.22. The van der Waals surface area contributed by atoms with E-state index in [-0.39, 0.29) is 11.9 Å². The average Bonchev–Trinajstić information content (AvgIpc) is 3.00. The Bertz CT molecular complexity index is 561. The Hall–Kier alpha value is -2.07. The zero-order valence-electron chi connectivity index (χ0n) is 12.8. The first-order valence-electron chi connectivity index (χ1n) is 7.22. The third-order valence-electron chi connectivity index (χ3n) is 3.66. The van der Waals surface area contributed by atoms with Gasteiger partial charge >= 0.3 is 0 Å². The summed E-state index contributed by atoms with van der Waals surface area (Å²) in [4.78, 5) is 14.2. The van der Waals surface area contributed by atoms with Crippen molar-refractivity contribution >= 4 is 11.6 Å². The number of nitrogens with one attached hydrogen (secondary N) is 1. The summed E-state index contributed by atoms with van der Waals surface area (Å²) in [5, 5.41) is 2.94. The van der Waals surface area contributed by atoms with Crippen LogP contribution in [0, 0.1) is 0 Å². The van der Waals surface area contributed by atoms with E-state index in [1.165, 1.54) is 5.56 Å². The molecule has 0 spiro atoms. The number of hydrogen-bond acceptors (Lipinski definition) is 3. The summed E-state index contributed by atoms with van der Waals surface area (Å²) in [7, 11) is 1.91. The van der Waals surface area contributed by atoms with E-state index in [9.17, 15) is 4.79 Å². The Kier molecular flexibility index (Phi) is 5.17. The van der Waals surface area contributed by atoms with Gasteiger partial charge in [-0.25, -0.2) is 0 Å². The van der Waals surface area contributed by atoms with E-state index in [0.29, 0.717) is 6.54 Å². The van der Waals surface area contributed by atoms with Gasteiger partial charge in [-0.15, -0.1) is 0 Å². The number of amides is 1. The van der Waals surface area contributed by atoms with Crippen LogP contribution in [0.1, 0.15) is 25.2 Å². The largest absolute Gasteiger partial charge is 0.468 e. The number of furan rings is 1. The van der Waals surface area contributed by atoms with E-state index >= 15 is 0 Å². The number of carbonyl (C=O) groups is 1. The average molecular weight is 286 g/mol. The van der Waals surface area contributed by atoms with Crippen molar-refractivity contribution < 1.29 is 9.21 Å². The molecule has 0 aliphatic rings. The molecule has 1 amide bonds. The minimum atomic E-state index is -0.235. The zero-order valence-corrected chi connectivity index (χ0v) is 12.8. The van der Waals surface area contributed by atoms with Gasteiger partial charge in [0.1, 0.15) is 5.76 Å². The van der Waals surface area contributed by atoms with Crippen LogP contribution < -0.4 is 5.32 Å². The van der Waals surface area contributed by atoms with E-state index < -0.39 is 0 Å². The van der Waals surface area contributed by atoms with Crippen LogP contribution in [0.2, 0.25) is 0 Å². The van der Waals surface area contributed by atoms with Crippen LogP contribution in [0.4, 0.5) is 5.69 Å². The topological polar surface area (TPSA) is 45.5 Å². The molecule has 21 heavy (non-hydrogen) atoms. The molecule has 1 aromatic carbocycles. The monoisotopic (exact) mass is 286 g/mol. The van der Waals surface area contributed by atoms with E-state index in [1.54, 1.807) is 6.26 Å². The number of carbonyl (C=O) groups excluding carboxylic acids is 1. The summed E-state index contributed by atoms with van der Waals surface area (Å²) >= 11 is 0. The Labute approximate surface area is 125 Å². The molecule has 0 aliphatic heterocycles. The minimum absolute atomic E-state index is 0.0201. The Morgan fingerprint density at radius 1 is 1.29 bits per heavy atom. The smallest absolute Gasteiger partial charge is 0.241 e. The molecule has 0 unspecified atom stereocenters. The highest BCUT2D eigenvalue weighted by atomic mass is 16.3. The van der Waals surface area contributed by atoms with Crippen molar-refractivity contribution in [2.24, 2.45) is 0 Å². The van der Waals surface area contributed by atoms with Gasteiger partial charge in [-0.3, -0.25) is 9.69 Å². The van der Waals surface area contributed by atoms with E-state index in [0.717, 1.165) is 17.9 Å². The maximum absolute atomic E-state index is 12.3. The lowest BCUT2D eigenvalue weighted by Gasteiger charge is -2.22. The van der Waals surface area contributed by atoms with Crippen molar-refractivity contribution in [1.82, 2.24) is 4.90 Å². The number of likely N-dealkylation sites (N-methyl/N-ethyl adjacent to an activating group) is 1. The molecule has 0 saturated heterocycles. The number of anilines is 1. The summed E-state index contributed by atoms with van der Waals surface area (Å²) in [6.45, 7) is 4.61. The fourth-order valence-corrected chi connectivity index (χ4v) is 2.06. The van der Waals surface area contributed by atoms with Crippen molar-refractivity contribution in [2.45, 2.75) is 32.9 Å². The summed E-state index contributed by atoms with van der Waals surface area (Å²) in [5.41, 5.74) is 2.09. The maximum Gasteiger partial charge on any atom is 0.241 e. The molecule has 0 radical (unpaired) electrons. The highest BCUT2D eigenvalue weighted by molar-refractivity contribution is 5.94. The van der Waals surface area contributed by atoms with Crippen LogP contribution in [0.3, 0.4) is 0 Å². The number of hydrogen-bond donors (Lipinski definition) is 1. The molecule has 1 atom stereocenters. The first-order chi connectivity index (χ1) is 10.1. The van der Waals surface area contributed by atoms with Crippen LogP contribution in [-0.4, -0.2) is 23.9 Å². The van der Waals surface area contributed by atoms with Crippen LogP contribution in [0.25, 0.3) is 0 Å². The van der Waals surface area contributed by atoms with E-state index in [4.69, 9.17) is 4.42 Å². The Morgan fingerprint density at radius 2 is 2.00 bits per heavy atom. The molecule has 0 fully saturated rings. The molecule has 4 nitrogen and oxygen atoms in total. The Balaban J connectivity index is 1.91. The van der Waals surface area contributed by atoms with Crippen molar-refractivity contribution in [3.63, 3.8) is 0 Å². The molecule has 1 heterocycles. The predicted octanol–water partition coefficient (Wildman–Crippen LogP) is 3.30. The van der Waals surface area contributed by atoms with Gasteiger partial charge in [0.05, 0.1) is 18.8 Å². The molecule has 112 valence electrons.